The highest BCUT2D eigenvalue weighted by molar-refractivity contribution is 8.00. The van der Waals surface area contributed by atoms with Gasteiger partial charge in [-0.3, -0.25) is 14.4 Å². The Bertz CT molecular complexity index is 1420. The molecule has 4 aromatic rings. The summed E-state index contributed by atoms with van der Waals surface area (Å²) in [5, 5.41) is 7.93. The third kappa shape index (κ3) is 7.42. The van der Waals surface area contributed by atoms with Crippen LogP contribution in [-0.2, 0) is 9.59 Å². The van der Waals surface area contributed by atoms with Crippen LogP contribution in [0.2, 0.25) is 0 Å². The number of para-hydroxylation sites is 1. The van der Waals surface area contributed by atoms with E-state index < -0.39 is 17.6 Å². The quantitative estimate of drug-likeness (QED) is 0.200. The summed E-state index contributed by atoms with van der Waals surface area (Å²) in [5.41, 5.74) is 0.963. The average Bonchev–Trinajstić information content (AvgIpc) is 3.42. The summed E-state index contributed by atoms with van der Waals surface area (Å²) in [5.74, 6) is -1.44. The maximum Gasteiger partial charge on any atom is 0.272 e. The van der Waals surface area contributed by atoms with Crippen molar-refractivity contribution in [1.29, 1.82) is 0 Å². The lowest BCUT2D eigenvalue weighted by atomic mass is 10.2. The van der Waals surface area contributed by atoms with Gasteiger partial charge in [0.2, 0.25) is 5.91 Å². The molecule has 3 amide bonds. The molecule has 0 aliphatic carbocycles. The topological polar surface area (TPSA) is 100 Å². The predicted octanol–water partition coefficient (Wildman–Crippen LogP) is 5.56. The second kappa shape index (κ2) is 12.4. The Balaban J connectivity index is 1.42. The van der Waals surface area contributed by atoms with Crippen LogP contribution in [0, 0.1) is 5.82 Å². The van der Waals surface area contributed by atoms with Crippen LogP contribution < -0.4 is 16.0 Å². The first-order valence-electron chi connectivity index (χ1n) is 11.2. The van der Waals surface area contributed by atoms with Crippen molar-refractivity contribution in [1.82, 2.24) is 5.32 Å². The number of furan rings is 1. The molecule has 3 aromatic carbocycles. The third-order valence-electron chi connectivity index (χ3n) is 4.97. The van der Waals surface area contributed by atoms with E-state index in [1.807, 2.05) is 0 Å². The number of rotatable bonds is 9. The minimum atomic E-state index is -0.555. The van der Waals surface area contributed by atoms with E-state index in [0.717, 1.165) is 0 Å². The van der Waals surface area contributed by atoms with Crippen molar-refractivity contribution in [2.45, 2.75) is 4.90 Å². The second-order valence-corrected chi connectivity index (χ2v) is 8.74. The van der Waals surface area contributed by atoms with Crippen molar-refractivity contribution < 1.29 is 23.2 Å². The second-order valence-electron chi connectivity index (χ2n) is 7.69. The van der Waals surface area contributed by atoms with Crippen molar-refractivity contribution in [2.24, 2.45) is 0 Å². The van der Waals surface area contributed by atoms with Gasteiger partial charge in [-0.25, -0.2) is 4.39 Å². The van der Waals surface area contributed by atoms with Gasteiger partial charge in [0, 0.05) is 22.2 Å². The Hall–Kier alpha value is -4.63. The van der Waals surface area contributed by atoms with Crippen LogP contribution in [0.1, 0.15) is 16.1 Å². The van der Waals surface area contributed by atoms with Crippen LogP contribution in [0.5, 0.6) is 0 Å². The lowest BCUT2D eigenvalue weighted by Gasteiger charge is -2.12. The third-order valence-corrected chi connectivity index (χ3v) is 5.96. The average molecular weight is 516 g/mol. The van der Waals surface area contributed by atoms with Gasteiger partial charge >= 0.3 is 0 Å². The summed E-state index contributed by atoms with van der Waals surface area (Å²) in [6, 6.07) is 24.7. The molecule has 1 aromatic heterocycles. The number of amides is 3. The fourth-order valence-corrected chi connectivity index (χ4v) is 3.97. The van der Waals surface area contributed by atoms with Gasteiger partial charge in [-0.1, -0.05) is 36.4 Å². The molecule has 0 spiro atoms. The maximum atomic E-state index is 13.7. The van der Waals surface area contributed by atoms with Crippen molar-refractivity contribution in [3.8, 4) is 0 Å². The Morgan fingerprint density at radius 3 is 2.41 bits per heavy atom. The van der Waals surface area contributed by atoms with Gasteiger partial charge in [-0.15, -0.1) is 11.8 Å². The van der Waals surface area contributed by atoms with Gasteiger partial charge < -0.3 is 20.4 Å². The van der Waals surface area contributed by atoms with Crippen molar-refractivity contribution in [3.05, 3.63) is 120 Å². The zero-order valence-electron chi connectivity index (χ0n) is 19.4. The number of nitrogens with one attached hydrogen (secondary N) is 3. The molecule has 37 heavy (non-hydrogen) atoms. The fourth-order valence-electron chi connectivity index (χ4n) is 3.22. The van der Waals surface area contributed by atoms with Gasteiger partial charge in [-0.05, 0) is 54.6 Å². The maximum absolute atomic E-state index is 13.7. The molecule has 186 valence electrons. The number of carbonyl (C=O) groups excluding carboxylic acids is 3. The Morgan fingerprint density at radius 1 is 0.865 bits per heavy atom. The molecule has 0 saturated heterocycles. The SMILES string of the molecule is O=C(CSc1cccc(NC(=O)/C(=C/c2ccco2)NC(=O)c2ccccc2)c1)Nc1ccccc1F. The molecular formula is C28H22FN3O4S. The minimum Gasteiger partial charge on any atom is -0.465 e. The van der Waals surface area contributed by atoms with Crippen molar-refractivity contribution in [2.75, 3.05) is 16.4 Å². The van der Waals surface area contributed by atoms with E-state index in [0.29, 0.717) is 21.9 Å². The molecule has 4 rings (SSSR count). The van der Waals surface area contributed by atoms with Gasteiger partial charge in [0.1, 0.15) is 17.3 Å². The molecule has 9 heteroatoms. The van der Waals surface area contributed by atoms with E-state index in [2.05, 4.69) is 16.0 Å². The molecule has 0 aliphatic heterocycles. The number of hydrogen-bond donors (Lipinski definition) is 3. The zero-order valence-corrected chi connectivity index (χ0v) is 20.3. The van der Waals surface area contributed by atoms with Crippen LogP contribution in [0.3, 0.4) is 0 Å². The van der Waals surface area contributed by atoms with Crippen LogP contribution in [0.15, 0.2) is 112 Å². The van der Waals surface area contributed by atoms with Crippen molar-refractivity contribution >= 4 is 46.9 Å². The molecular weight excluding hydrogens is 493 g/mol. The summed E-state index contributed by atoms with van der Waals surface area (Å²) in [6.45, 7) is 0. The van der Waals surface area contributed by atoms with E-state index >= 15 is 0 Å². The number of hydrogen-bond acceptors (Lipinski definition) is 5. The highest BCUT2D eigenvalue weighted by Gasteiger charge is 2.16. The van der Waals surface area contributed by atoms with E-state index in [1.54, 1.807) is 78.9 Å². The Kier molecular flexibility index (Phi) is 8.51. The molecule has 3 N–H and O–H groups in total. The summed E-state index contributed by atoms with van der Waals surface area (Å²) in [7, 11) is 0. The molecule has 7 nitrogen and oxygen atoms in total. The summed E-state index contributed by atoms with van der Waals surface area (Å²) in [6.07, 6.45) is 2.89. The van der Waals surface area contributed by atoms with Crippen LogP contribution >= 0.6 is 11.8 Å². The first-order chi connectivity index (χ1) is 18.0. The van der Waals surface area contributed by atoms with Gasteiger partial charge in [0.25, 0.3) is 11.8 Å². The number of halogens is 1. The largest absolute Gasteiger partial charge is 0.465 e. The van der Waals surface area contributed by atoms with E-state index in [4.69, 9.17) is 4.42 Å². The molecule has 0 unspecified atom stereocenters. The fraction of sp³-hybridized carbons (Fsp3) is 0.0357. The Labute approximate surface area is 216 Å². The normalized spacial score (nSPS) is 11.0. The first-order valence-corrected chi connectivity index (χ1v) is 12.2. The molecule has 0 fully saturated rings. The van der Waals surface area contributed by atoms with E-state index in [9.17, 15) is 18.8 Å². The molecule has 0 radical (unpaired) electrons. The van der Waals surface area contributed by atoms with Gasteiger partial charge in [0.15, 0.2) is 0 Å². The van der Waals surface area contributed by atoms with Gasteiger partial charge in [-0.2, -0.15) is 0 Å². The van der Waals surface area contributed by atoms with Crippen LogP contribution in [0.25, 0.3) is 6.08 Å². The highest BCUT2D eigenvalue weighted by atomic mass is 32.2. The van der Waals surface area contributed by atoms with Gasteiger partial charge in [0.05, 0.1) is 17.7 Å². The van der Waals surface area contributed by atoms with Crippen molar-refractivity contribution in [3.63, 3.8) is 0 Å². The summed E-state index contributed by atoms with van der Waals surface area (Å²) in [4.78, 5) is 38.7. The minimum absolute atomic E-state index is 0.00822. The molecule has 0 aliphatic rings. The Morgan fingerprint density at radius 2 is 1.65 bits per heavy atom. The molecule has 0 bridgehead atoms. The lowest BCUT2D eigenvalue weighted by Crippen LogP contribution is -2.30. The summed E-state index contributed by atoms with van der Waals surface area (Å²) < 4.78 is 19.1. The molecule has 0 saturated carbocycles. The number of thioether (sulfide) groups is 1. The standard InChI is InChI=1S/C28H22FN3O4S/c29-23-13-4-5-14-24(23)31-26(33)18-37-22-12-6-10-20(16-22)30-28(35)25(17-21-11-7-15-36-21)32-27(34)19-8-2-1-3-9-19/h1-17H,18H2,(H,30,35)(H,31,33)(H,32,34)/b25-17-. The monoisotopic (exact) mass is 515 g/mol. The first kappa shape index (κ1) is 25.5. The highest BCUT2D eigenvalue weighted by Crippen LogP contribution is 2.23. The molecule has 1 heterocycles. The lowest BCUT2D eigenvalue weighted by molar-refractivity contribution is -0.114. The number of anilines is 2. The smallest absolute Gasteiger partial charge is 0.272 e. The molecule has 0 atom stereocenters. The predicted molar refractivity (Wildman–Crippen MR) is 141 cm³/mol. The van der Waals surface area contributed by atoms with Crippen LogP contribution in [0.4, 0.5) is 15.8 Å². The van der Waals surface area contributed by atoms with Crippen LogP contribution in [-0.4, -0.2) is 23.5 Å². The number of carbonyl (C=O) groups is 3. The zero-order chi connectivity index (χ0) is 26.0. The number of benzene rings is 3. The van der Waals surface area contributed by atoms with E-state index in [1.165, 1.54) is 36.2 Å². The summed E-state index contributed by atoms with van der Waals surface area (Å²) >= 11 is 1.23. The van der Waals surface area contributed by atoms with E-state index in [-0.39, 0.29) is 23.0 Å².